The number of piperidine rings is 1. The van der Waals surface area contributed by atoms with E-state index in [9.17, 15) is 9.59 Å². The highest BCUT2D eigenvalue weighted by Crippen LogP contribution is 2.13. The van der Waals surface area contributed by atoms with E-state index in [4.69, 9.17) is 0 Å². The van der Waals surface area contributed by atoms with Crippen LogP contribution in [0.5, 0.6) is 0 Å². The fraction of sp³-hybridized carbons (Fsp3) is 0.778. The van der Waals surface area contributed by atoms with Crippen LogP contribution in [0.2, 0.25) is 0 Å². The van der Waals surface area contributed by atoms with E-state index in [0.29, 0.717) is 19.4 Å². The van der Waals surface area contributed by atoms with E-state index in [1.165, 1.54) is 0 Å². The summed E-state index contributed by atoms with van der Waals surface area (Å²) >= 11 is 0. The van der Waals surface area contributed by atoms with Crippen LogP contribution in [-0.2, 0) is 9.59 Å². The van der Waals surface area contributed by atoms with Gasteiger partial charge < -0.3 is 4.90 Å². The molecule has 0 aromatic rings. The predicted octanol–water partition coefficient (Wildman–Crippen LogP) is 0.486. The molecule has 68 valence electrons. The normalized spacial score (nSPS) is 25.8. The average molecular weight is 169 g/mol. The molecule has 0 aromatic carbocycles. The highest BCUT2D eigenvalue weighted by atomic mass is 16.2. The van der Waals surface area contributed by atoms with Gasteiger partial charge in [-0.2, -0.15) is 0 Å². The Morgan fingerprint density at radius 2 is 2.33 bits per heavy atom. The second-order valence-electron chi connectivity index (χ2n) is 3.35. The van der Waals surface area contributed by atoms with Gasteiger partial charge in [0.15, 0.2) is 0 Å². The van der Waals surface area contributed by atoms with Crippen LogP contribution in [0.15, 0.2) is 0 Å². The Hall–Kier alpha value is -0.700. The smallest absolute Gasteiger partial charge is 0.145 e. The molecule has 0 spiro atoms. The van der Waals surface area contributed by atoms with Crippen LogP contribution < -0.4 is 0 Å². The Labute approximate surface area is 72.7 Å². The van der Waals surface area contributed by atoms with Crippen molar-refractivity contribution in [2.75, 3.05) is 20.1 Å². The highest BCUT2D eigenvalue weighted by Gasteiger charge is 2.29. The number of likely N-dealkylation sites (tertiary alicyclic amines) is 1. The average Bonchev–Trinajstić information content (AvgIpc) is 2.08. The van der Waals surface area contributed by atoms with E-state index in [2.05, 4.69) is 0 Å². The fourth-order valence-electron chi connectivity index (χ4n) is 1.51. The molecule has 1 fully saturated rings. The van der Waals surface area contributed by atoms with Crippen molar-refractivity contribution in [3.63, 3.8) is 0 Å². The van der Waals surface area contributed by atoms with Crippen molar-refractivity contribution >= 4 is 11.6 Å². The topological polar surface area (TPSA) is 37.4 Å². The molecule has 1 aliphatic rings. The number of rotatable bonds is 2. The number of hydrogen-bond acceptors (Lipinski definition) is 3. The fourth-order valence-corrected chi connectivity index (χ4v) is 1.51. The van der Waals surface area contributed by atoms with E-state index in [-0.39, 0.29) is 17.5 Å². The zero-order valence-corrected chi connectivity index (χ0v) is 7.67. The minimum Gasteiger partial charge on any atom is -0.305 e. The molecular formula is C9H15NO2. The lowest BCUT2D eigenvalue weighted by Crippen LogP contribution is -2.42. The second kappa shape index (κ2) is 3.81. The molecule has 1 aliphatic heterocycles. The van der Waals surface area contributed by atoms with E-state index < -0.39 is 0 Å². The molecule has 0 amide bonds. The van der Waals surface area contributed by atoms with Crippen LogP contribution in [-0.4, -0.2) is 36.6 Å². The first-order valence-electron chi connectivity index (χ1n) is 4.39. The van der Waals surface area contributed by atoms with Crippen LogP contribution >= 0.6 is 0 Å². The highest BCUT2D eigenvalue weighted by molar-refractivity contribution is 6.03. The van der Waals surface area contributed by atoms with Crippen molar-refractivity contribution < 1.29 is 9.59 Å². The maximum absolute atomic E-state index is 11.3. The summed E-state index contributed by atoms with van der Waals surface area (Å²) in [6.45, 7) is 3.22. The lowest BCUT2D eigenvalue weighted by molar-refractivity contribution is -0.135. The summed E-state index contributed by atoms with van der Waals surface area (Å²) in [6.07, 6.45) is 1.01. The molecule has 0 aromatic heterocycles. The zero-order chi connectivity index (χ0) is 9.14. The van der Waals surface area contributed by atoms with Crippen LogP contribution in [0, 0.1) is 5.92 Å². The van der Waals surface area contributed by atoms with Crippen molar-refractivity contribution in [1.29, 1.82) is 0 Å². The Balaban J connectivity index is 2.60. The summed E-state index contributed by atoms with van der Waals surface area (Å²) in [5, 5.41) is 0. The van der Waals surface area contributed by atoms with Gasteiger partial charge in [0.2, 0.25) is 0 Å². The number of Topliss-reactive ketones (excluding diaryl/α,β-unsaturated/α-hetero) is 2. The minimum absolute atomic E-state index is 0.0894. The van der Waals surface area contributed by atoms with Crippen molar-refractivity contribution in [2.45, 2.75) is 19.8 Å². The molecule has 1 atom stereocenters. The van der Waals surface area contributed by atoms with Gasteiger partial charge in [0.1, 0.15) is 11.6 Å². The molecule has 1 rings (SSSR count). The lowest BCUT2D eigenvalue weighted by Gasteiger charge is -2.27. The van der Waals surface area contributed by atoms with Gasteiger partial charge in [0.25, 0.3) is 0 Å². The zero-order valence-electron chi connectivity index (χ0n) is 7.67. The van der Waals surface area contributed by atoms with Crippen molar-refractivity contribution in [2.24, 2.45) is 5.92 Å². The Bertz CT molecular complexity index is 193. The summed E-state index contributed by atoms with van der Waals surface area (Å²) in [7, 11) is 1.95. The number of carbonyl (C=O) groups is 2. The molecule has 0 saturated carbocycles. The molecule has 1 saturated heterocycles. The first kappa shape index (κ1) is 9.39. The third kappa shape index (κ3) is 1.91. The van der Waals surface area contributed by atoms with Crippen LogP contribution in [0.4, 0.5) is 0 Å². The third-order valence-electron chi connectivity index (χ3n) is 2.36. The molecule has 0 aliphatic carbocycles. The molecular weight excluding hydrogens is 154 g/mol. The third-order valence-corrected chi connectivity index (χ3v) is 2.36. The van der Waals surface area contributed by atoms with Crippen LogP contribution in [0.3, 0.4) is 0 Å². The molecule has 0 radical (unpaired) electrons. The molecule has 1 unspecified atom stereocenters. The second-order valence-corrected chi connectivity index (χ2v) is 3.35. The maximum Gasteiger partial charge on any atom is 0.145 e. The molecule has 12 heavy (non-hydrogen) atoms. The van der Waals surface area contributed by atoms with Gasteiger partial charge in [-0.15, -0.1) is 0 Å². The van der Waals surface area contributed by atoms with Crippen molar-refractivity contribution in [1.82, 2.24) is 4.90 Å². The summed E-state index contributed by atoms with van der Waals surface area (Å²) in [4.78, 5) is 24.6. The van der Waals surface area contributed by atoms with Gasteiger partial charge in [-0.05, 0) is 7.05 Å². The van der Waals surface area contributed by atoms with Crippen LogP contribution in [0.1, 0.15) is 19.8 Å². The summed E-state index contributed by atoms with van der Waals surface area (Å²) in [6, 6.07) is 0. The predicted molar refractivity (Wildman–Crippen MR) is 45.9 cm³/mol. The van der Waals surface area contributed by atoms with Gasteiger partial charge in [0, 0.05) is 25.9 Å². The first-order valence-corrected chi connectivity index (χ1v) is 4.39. The summed E-state index contributed by atoms with van der Waals surface area (Å²) in [5.41, 5.74) is 0. The minimum atomic E-state index is -0.339. The van der Waals surface area contributed by atoms with Gasteiger partial charge in [-0.1, -0.05) is 6.92 Å². The van der Waals surface area contributed by atoms with Gasteiger partial charge >= 0.3 is 0 Å². The molecule has 3 heteroatoms. The Kier molecular flexibility index (Phi) is 2.98. The summed E-state index contributed by atoms with van der Waals surface area (Å²) < 4.78 is 0. The van der Waals surface area contributed by atoms with Gasteiger partial charge in [-0.3, -0.25) is 9.59 Å². The van der Waals surface area contributed by atoms with Crippen LogP contribution in [0.25, 0.3) is 0 Å². The number of carbonyl (C=O) groups excluding carboxylic acids is 2. The largest absolute Gasteiger partial charge is 0.305 e. The quantitative estimate of drug-likeness (QED) is 0.564. The standard InChI is InChI=1S/C9H15NO2/c1-3-8(11)7-6-10(2)5-4-9(7)12/h7H,3-6H2,1-2H3. The summed E-state index contributed by atoms with van der Waals surface area (Å²) in [5.74, 6) is -0.125. The van der Waals surface area contributed by atoms with E-state index in [1.54, 1.807) is 0 Å². The van der Waals surface area contributed by atoms with E-state index in [0.717, 1.165) is 6.54 Å². The lowest BCUT2D eigenvalue weighted by atomic mass is 9.91. The first-order chi connectivity index (χ1) is 5.65. The van der Waals surface area contributed by atoms with Crippen molar-refractivity contribution in [3.05, 3.63) is 0 Å². The Morgan fingerprint density at radius 3 is 2.92 bits per heavy atom. The molecule has 0 N–H and O–H groups in total. The van der Waals surface area contributed by atoms with Gasteiger partial charge in [-0.25, -0.2) is 0 Å². The monoisotopic (exact) mass is 169 g/mol. The number of nitrogens with zero attached hydrogens (tertiary/aromatic N) is 1. The SMILES string of the molecule is CCC(=O)C1CN(C)CCC1=O. The Morgan fingerprint density at radius 1 is 1.67 bits per heavy atom. The van der Waals surface area contributed by atoms with E-state index in [1.807, 2.05) is 18.9 Å². The molecule has 1 heterocycles. The maximum atomic E-state index is 11.3. The molecule has 3 nitrogen and oxygen atoms in total. The van der Waals surface area contributed by atoms with Gasteiger partial charge in [0.05, 0.1) is 5.92 Å². The number of hydrogen-bond donors (Lipinski definition) is 0. The van der Waals surface area contributed by atoms with Crippen molar-refractivity contribution in [3.8, 4) is 0 Å². The molecule has 0 bridgehead atoms. The number of ketones is 2. The van der Waals surface area contributed by atoms with E-state index >= 15 is 0 Å².